The number of hydrogen-bond acceptors (Lipinski definition) is 3. The van der Waals surface area contributed by atoms with Crippen molar-refractivity contribution in [1.82, 2.24) is 0 Å². The average Bonchev–Trinajstić information content (AvgIpc) is 2.61. The molecule has 0 fully saturated rings. The minimum atomic E-state index is 0.151. The summed E-state index contributed by atoms with van der Waals surface area (Å²) in [5, 5.41) is 2.20. The first-order valence-electron chi connectivity index (χ1n) is 8.11. The van der Waals surface area contributed by atoms with Gasteiger partial charge in [0.25, 0.3) is 0 Å². The molecule has 2 N–H and O–H groups in total. The van der Waals surface area contributed by atoms with Crippen molar-refractivity contribution in [3.05, 3.63) is 59.7 Å². The van der Waals surface area contributed by atoms with Gasteiger partial charge in [0, 0.05) is 12.0 Å². The first kappa shape index (κ1) is 15.6. The Hall–Kier alpha value is -2.33. The molecule has 3 rings (SSSR count). The van der Waals surface area contributed by atoms with Crippen LogP contribution in [-0.4, -0.2) is 32.1 Å². The summed E-state index contributed by atoms with van der Waals surface area (Å²) in [6.07, 6.45) is 1.56. The molecule has 1 aliphatic rings. The first-order valence-corrected chi connectivity index (χ1v) is 8.11. The molecule has 23 heavy (non-hydrogen) atoms. The number of carbonyl (C=O) groups excluding carboxylic acids is 1. The van der Waals surface area contributed by atoms with Gasteiger partial charge in [-0.2, -0.15) is 0 Å². The van der Waals surface area contributed by atoms with Crippen LogP contribution >= 0.6 is 0 Å². The zero-order valence-electron chi connectivity index (χ0n) is 13.2. The third-order valence-electron chi connectivity index (χ3n) is 3.92. The predicted octanol–water partition coefficient (Wildman–Crippen LogP) is 1.84. The smallest absolute Gasteiger partial charge is 0.168 e. The lowest BCUT2D eigenvalue weighted by molar-refractivity contribution is -0.653. The van der Waals surface area contributed by atoms with Crippen molar-refractivity contribution in [2.45, 2.75) is 12.8 Å². The van der Waals surface area contributed by atoms with Crippen molar-refractivity contribution >= 4 is 5.78 Å². The molecular formula is C19H22NO3+. The summed E-state index contributed by atoms with van der Waals surface area (Å²) in [6, 6.07) is 15.8. The Bertz CT molecular complexity index is 655. The third-order valence-corrected chi connectivity index (χ3v) is 3.92. The molecule has 0 radical (unpaired) electrons. The summed E-state index contributed by atoms with van der Waals surface area (Å²) < 4.78 is 11.0. The van der Waals surface area contributed by atoms with Crippen LogP contribution in [0.2, 0.25) is 0 Å². The molecule has 4 heteroatoms. The molecule has 1 heterocycles. The molecule has 1 aliphatic heterocycles. The monoisotopic (exact) mass is 312 g/mol. The van der Waals surface area contributed by atoms with Crippen LogP contribution in [0.4, 0.5) is 0 Å². The van der Waals surface area contributed by atoms with Crippen molar-refractivity contribution in [3.63, 3.8) is 0 Å². The van der Waals surface area contributed by atoms with E-state index in [0.717, 1.165) is 25.3 Å². The lowest BCUT2D eigenvalue weighted by atomic mass is 10.1. The van der Waals surface area contributed by atoms with Crippen LogP contribution in [0, 0.1) is 0 Å². The highest BCUT2D eigenvalue weighted by atomic mass is 16.6. The van der Waals surface area contributed by atoms with Gasteiger partial charge < -0.3 is 14.8 Å². The summed E-state index contributed by atoms with van der Waals surface area (Å²) in [5.74, 6) is 1.55. The van der Waals surface area contributed by atoms with E-state index in [1.807, 2.05) is 18.2 Å². The molecule has 0 aromatic heterocycles. The van der Waals surface area contributed by atoms with Gasteiger partial charge in [0.15, 0.2) is 17.3 Å². The SMILES string of the molecule is O=C(CC[NH2+]CCc1ccccc1)c1ccc2c(c1)OCCO2. The number of benzene rings is 2. The summed E-state index contributed by atoms with van der Waals surface area (Å²) in [4.78, 5) is 12.2. The fraction of sp³-hybridized carbons (Fsp3) is 0.316. The van der Waals surface area contributed by atoms with Crippen molar-refractivity contribution in [2.24, 2.45) is 0 Å². The van der Waals surface area contributed by atoms with E-state index in [9.17, 15) is 4.79 Å². The van der Waals surface area contributed by atoms with Gasteiger partial charge in [-0.05, 0) is 23.8 Å². The number of Topliss-reactive ketones (excluding diaryl/α,β-unsaturated/α-hetero) is 1. The summed E-state index contributed by atoms with van der Waals surface area (Å²) in [6.45, 7) is 2.91. The van der Waals surface area contributed by atoms with Crippen molar-refractivity contribution in [3.8, 4) is 11.5 Å². The van der Waals surface area contributed by atoms with Gasteiger partial charge in [-0.15, -0.1) is 0 Å². The average molecular weight is 312 g/mol. The molecule has 120 valence electrons. The Morgan fingerprint density at radius 1 is 0.957 bits per heavy atom. The van der Waals surface area contributed by atoms with Crippen molar-refractivity contribution in [1.29, 1.82) is 0 Å². The molecule has 0 unspecified atom stereocenters. The highest BCUT2D eigenvalue weighted by Gasteiger charge is 2.15. The van der Waals surface area contributed by atoms with Gasteiger partial charge in [0.2, 0.25) is 0 Å². The van der Waals surface area contributed by atoms with Crippen LogP contribution in [0.5, 0.6) is 11.5 Å². The summed E-state index contributed by atoms with van der Waals surface area (Å²) in [7, 11) is 0. The minimum absolute atomic E-state index is 0.151. The standard InChI is InChI=1S/C19H21NO3/c21-17(9-11-20-10-8-15-4-2-1-3-5-15)16-6-7-18-19(14-16)23-13-12-22-18/h1-7,14,20H,8-13H2/p+1. The quantitative estimate of drug-likeness (QED) is 0.627. The maximum Gasteiger partial charge on any atom is 0.168 e. The number of rotatable bonds is 7. The fourth-order valence-electron chi connectivity index (χ4n) is 2.65. The van der Waals surface area contributed by atoms with E-state index in [2.05, 4.69) is 29.6 Å². The lowest BCUT2D eigenvalue weighted by Gasteiger charge is -2.18. The molecule has 0 atom stereocenters. The van der Waals surface area contributed by atoms with Gasteiger partial charge >= 0.3 is 0 Å². The Morgan fingerprint density at radius 3 is 2.57 bits per heavy atom. The number of nitrogens with two attached hydrogens (primary N) is 1. The van der Waals surface area contributed by atoms with Gasteiger partial charge in [0.1, 0.15) is 13.2 Å². The molecule has 2 aromatic carbocycles. The van der Waals surface area contributed by atoms with Gasteiger partial charge in [0.05, 0.1) is 19.5 Å². The minimum Gasteiger partial charge on any atom is -0.486 e. The number of fused-ring (bicyclic) bond motifs is 1. The maximum absolute atomic E-state index is 12.2. The number of hydrogen-bond donors (Lipinski definition) is 1. The molecule has 0 spiro atoms. The second-order valence-electron chi connectivity index (χ2n) is 5.63. The highest BCUT2D eigenvalue weighted by molar-refractivity contribution is 5.96. The topological polar surface area (TPSA) is 52.1 Å². The largest absolute Gasteiger partial charge is 0.486 e. The lowest BCUT2D eigenvalue weighted by Crippen LogP contribution is -2.85. The molecular weight excluding hydrogens is 290 g/mol. The van der Waals surface area contributed by atoms with Crippen molar-refractivity contribution in [2.75, 3.05) is 26.3 Å². The zero-order valence-corrected chi connectivity index (χ0v) is 13.2. The predicted molar refractivity (Wildman–Crippen MR) is 88.2 cm³/mol. The van der Waals surface area contributed by atoms with E-state index in [1.54, 1.807) is 6.07 Å². The molecule has 0 saturated carbocycles. The normalized spacial score (nSPS) is 12.9. The van der Waals surface area contributed by atoms with Crippen LogP contribution < -0.4 is 14.8 Å². The Kier molecular flexibility index (Phi) is 5.27. The van der Waals surface area contributed by atoms with E-state index in [0.29, 0.717) is 30.9 Å². The van der Waals surface area contributed by atoms with Gasteiger partial charge in [-0.3, -0.25) is 4.79 Å². The van der Waals surface area contributed by atoms with E-state index in [4.69, 9.17) is 9.47 Å². The first-order chi connectivity index (χ1) is 11.3. The number of ketones is 1. The molecule has 0 amide bonds. The van der Waals surface area contributed by atoms with E-state index >= 15 is 0 Å². The zero-order chi connectivity index (χ0) is 15.9. The van der Waals surface area contributed by atoms with Crippen LogP contribution in [-0.2, 0) is 6.42 Å². The van der Waals surface area contributed by atoms with Crippen LogP contribution in [0.1, 0.15) is 22.3 Å². The molecule has 4 nitrogen and oxygen atoms in total. The molecule has 0 aliphatic carbocycles. The van der Waals surface area contributed by atoms with Gasteiger partial charge in [-0.1, -0.05) is 30.3 Å². The second kappa shape index (κ2) is 7.79. The molecule has 2 aromatic rings. The highest BCUT2D eigenvalue weighted by Crippen LogP contribution is 2.30. The summed E-state index contributed by atoms with van der Waals surface area (Å²) in [5.41, 5.74) is 2.03. The van der Waals surface area contributed by atoms with E-state index in [1.165, 1.54) is 5.56 Å². The number of quaternary nitrogens is 1. The second-order valence-corrected chi connectivity index (χ2v) is 5.63. The van der Waals surface area contributed by atoms with Crippen molar-refractivity contribution < 1.29 is 19.6 Å². The van der Waals surface area contributed by atoms with Crippen LogP contribution in [0.15, 0.2) is 48.5 Å². The third kappa shape index (κ3) is 4.33. The van der Waals surface area contributed by atoms with Crippen LogP contribution in [0.25, 0.3) is 0 Å². The number of carbonyl (C=O) groups is 1. The van der Waals surface area contributed by atoms with E-state index < -0.39 is 0 Å². The fourth-order valence-corrected chi connectivity index (χ4v) is 2.65. The molecule has 0 saturated heterocycles. The van der Waals surface area contributed by atoms with E-state index in [-0.39, 0.29) is 5.78 Å². The Balaban J connectivity index is 1.42. The van der Waals surface area contributed by atoms with Gasteiger partial charge in [-0.25, -0.2) is 0 Å². The molecule has 0 bridgehead atoms. The Morgan fingerprint density at radius 2 is 1.74 bits per heavy atom. The number of ether oxygens (including phenoxy) is 2. The maximum atomic E-state index is 12.2. The van der Waals surface area contributed by atoms with Crippen LogP contribution in [0.3, 0.4) is 0 Å². The summed E-state index contributed by atoms with van der Waals surface area (Å²) >= 11 is 0. The Labute approximate surface area is 136 Å².